The van der Waals surface area contributed by atoms with E-state index in [1.54, 1.807) is 0 Å². The predicted octanol–water partition coefficient (Wildman–Crippen LogP) is 3.32. The highest BCUT2D eigenvalue weighted by Gasteiger charge is 2.39. The first-order chi connectivity index (χ1) is 12.5. The number of benzene rings is 1. The average Bonchev–Trinajstić information content (AvgIpc) is 3.18. The summed E-state index contributed by atoms with van der Waals surface area (Å²) in [5.74, 6) is 1.02. The fourth-order valence-electron chi connectivity index (χ4n) is 3.81. The molecule has 0 amide bonds. The lowest BCUT2D eigenvalue weighted by Gasteiger charge is -2.24. The maximum absolute atomic E-state index is 13.4. The van der Waals surface area contributed by atoms with Gasteiger partial charge in [-0.1, -0.05) is 18.0 Å². The fourth-order valence-corrected chi connectivity index (χ4v) is 5.74. The second-order valence-corrected chi connectivity index (χ2v) is 9.08. The minimum Gasteiger partial charge on any atom is -0.314 e. The Hall–Kier alpha value is -1.51. The Balaban J connectivity index is 1.70. The number of sulfonamides is 1. The Morgan fingerprint density at radius 2 is 1.96 bits per heavy atom. The highest BCUT2D eigenvalue weighted by molar-refractivity contribution is 7.89. The van der Waals surface area contributed by atoms with Crippen LogP contribution in [0.3, 0.4) is 0 Å². The summed E-state index contributed by atoms with van der Waals surface area (Å²) in [6.45, 7) is 1.23. The highest BCUT2D eigenvalue weighted by atomic mass is 35.5. The molecule has 0 unspecified atom stereocenters. The van der Waals surface area contributed by atoms with E-state index in [4.69, 9.17) is 11.6 Å². The molecule has 26 heavy (non-hydrogen) atoms. The van der Waals surface area contributed by atoms with Gasteiger partial charge in [0.2, 0.25) is 10.0 Å². The van der Waals surface area contributed by atoms with Crippen LogP contribution in [0.25, 0.3) is 0 Å². The van der Waals surface area contributed by atoms with Crippen LogP contribution >= 0.6 is 11.6 Å². The molecule has 0 radical (unpaired) electrons. The van der Waals surface area contributed by atoms with E-state index in [9.17, 15) is 12.8 Å². The third-order valence-electron chi connectivity index (χ3n) is 5.14. The number of halogens is 2. The molecule has 2 aliphatic heterocycles. The number of hydrogen-bond acceptors (Lipinski definition) is 4. The standard InChI is InChI=1S/C17H20ClFN4O2S/c18-13-11-12(7-8-14(13)19)26(24,25)23-10-4-5-15(23)17-21-20-16-6-2-1-3-9-22(16)17/h7-8,11,15H,1-6,9-10H2/t15-/m0/s1. The summed E-state index contributed by atoms with van der Waals surface area (Å²) in [5.41, 5.74) is 0. The molecule has 2 aliphatic rings. The van der Waals surface area contributed by atoms with Gasteiger partial charge in [0.15, 0.2) is 5.82 Å². The van der Waals surface area contributed by atoms with Crippen molar-refractivity contribution in [3.63, 3.8) is 0 Å². The Kier molecular flexibility index (Phi) is 4.75. The Morgan fingerprint density at radius 3 is 2.77 bits per heavy atom. The third kappa shape index (κ3) is 3.04. The Morgan fingerprint density at radius 1 is 1.12 bits per heavy atom. The fraction of sp³-hybridized carbons (Fsp3) is 0.529. The second kappa shape index (κ2) is 6.90. The molecule has 6 nitrogen and oxygen atoms in total. The van der Waals surface area contributed by atoms with Crippen molar-refractivity contribution in [2.45, 2.75) is 56.0 Å². The van der Waals surface area contributed by atoms with E-state index in [-0.39, 0.29) is 16.0 Å². The van der Waals surface area contributed by atoms with Crippen LogP contribution < -0.4 is 0 Å². The molecular formula is C17H20ClFN4O2S. The van der Waals surface area contributed by atoms with Crippen molar-refractivity contribution in [3.8, 4) is 0 Å². The van der Waals surface area contributed by atoms with Crippen molar-refractivity contribution in [2.75, 3.05) is 6.54 Å². The van der Waals surface area contributed by atoms with Crippen molar-refractivity contribution < 1.29 is 12.8 Å². The second-order valence-electron chi connectivity index (χ2n) is 6.79. The molecule has 3 heterocycles. The summed E-state index contributed by atoms with van der Waals surface area (Å²) in [5, 5.41) is 8.43. The zero-order chi connectivity index (χ0) is 18.3. The number of aryl methyl sites for hydroxylation is 1. The molecular weight excluding hydrogens is 379 g/mol. The van der Waals surface area contributed by atoms with Crippen molar-refractivity contribution in [1.82, 2.24) is 19.1 Å². The van der Waals surface area contributed by atoms with Crippen LogP contribution in [-0.2, 0) is 23.0 Å². The molecule has 4 rings (SSSR count). The molecule has 1 aromatic carbocycles. The van der Waals surface area contributed by atoms with E-state index in [1.807, 2.05) is 0 Å². The summed E-state index contributed by atoms with van der Waals surface area (Å²) >= 11 is 5.79. The van der Waals surface area contributed by atoms with Gasteiger partial charge in [-0.05, 0) is 43.9 Å². The van der Waals surface area contributed by atoms with Gasteiger partial charge in [0, 0.05) is 19.5 Å². The number of nitrogens with zero attached hydrogens (tertiary/aromatic N) is 4. The number of rotatable bonds is 3. The summed E-state index contributed by atoms with van der Waals surface area (Å²) in [6.07, 6.45) is 5.60. The van der Waals surface area contributed by atoms with Gasteiger partial charge >= 0.3 is 0 Å². The van der Waals surface area contributed by atoms with E-state index in [1.165, 1.54) is 16.4 Å². The summed E-state index contributed by atoms with van der Waals surface area (Å²) in [4.78, 5) is 0.00593. The molecule has 9 heteroatoms. The van der Waals surface area contributed by atoms with Crippen molar-refractivity contribution >= 4 is 21.6 Å². The maximum atomic E-state index is 13.4. The number of hydrogen-bond donors (Lipinski definition) is 0. The molecule has 1 saturated heterocycles. The molecule has 0 bridgehead atoms. The van der Waals surface area contributed by atoms with Crippen molar-refractivity contribution in [2.24, 2.45) is 0 Å². The summed E-state index contributed by atoms with van der Waals surface area (Å²) in [7, 11) is -3.79. The first-order valence-electron chi connectivity index (χ1n) is 8.87. The molecule has 0 saturated carbocycles. The van der Waals surface area contributed by atoms with Gasteiger partial charge in [-0.15, -0.1) is 10.2 Å². The minimum atomic E-state index is -3.79. The van der Waals surface area contributed by atoms with Crippen LogP contribution in [0, 0.1) is 5.82 Å². The Labute approximate surface area is 157 Å². The van der Waals surface area contributed by atoms with Crippen LogP contribution in [0.1, 0.15) is 49.8 Å². The van der Waals surface area contributed by atoms with Crippen LogP contribution in [0.15, 0.2) is 23.1 Å². The molecule has 0 aliphatic carbocycles. The maximum Gasteiger partial charge on any atom is 0.243 e. The SMILES string of the molecule is O=S(=O)(c1ccc(F)c(Cl)c1)N1CCC[C@H]1c1nnc2n1CCCCC2. The van der Waals surface area contributed by atoms with E-state index in [0.29, 0.717) is 13.0 Å². The smallest absolute Gasteiger partial charge is 0.243 e. The first-order valence-corrected chi connectivity index (χ1v) is 10.7. The molecule has 1 atom stereocenters. The molecule has 1 aromatic heterocycles. The van der Waals surface area contributed by atoms with Gasteiger partial charge in [0.25, 0.3) is 0 Å². The molecule has 0 spiro atoms. The zero-order valence-electron chi connectivity index (χ0n) is 14.2. The lowest BCUT2D eigenvalue weighted by Crippen LogP contribution is -2.32. The lowest BCUT2D eigenvalue weighted by atomic mass is 10.2. The quantitative estimate of drug-likeness (QED) is 0.795. The first kappa shape index (κ1) is 17.9. The summed E-state index contributed by atoms with van der Waals surface area (Å²) in [6, 6.07) is 3.18. The van der Waals surface area contributed by atoms with Crippen LogP contribution in [0.5, 0.6) is 0 Å². The van der Waals surface area contributed by atoms with Gasteiger partial charge in [0.05, 0.1) is 16.0 Å². The lowest BCUT2D eigenvalue weighted by molar-refractivity contribution is 0.370. The molecule has 1 fully saturated rings. The third-order valence-corrected chi connectivity index (χ3v) is 7.33. The van der Waals surface area contributed by atoms with Gasteiger partial charge in [-0.2, -0.15) is 4.31 Å². The Bertz CT molecular complexity index is 931. The van der Waals surface area contributed by atoms with Gasteiger partial charge in [-0.25, -0.2) is 12.8 Å². The van der Waals surface area contributed by atoms with E-state index in [2.05, 4.69) is 14.8 Å². The van der Waals surface area contributed by atoms with Crippen LogP contribution in [0.4, 0.5) is 4.39 Å². The van der Waals surface area contributed by atoms with E-state index in [0.717, 1.165) is 56.4 Å². The molecule has 2 aromatic rings. The van der Waals surface area contributed by atoms with Crippen molar-refractivity contribution in [1.29, 1.82) is 0 Å². The van der Waals surface area contributed by atoms with Gasteiger partial charge in [-0.3, -0.25) is 0 Å². The largest absolute Gasteiger partial charge is 0.314 e. The number of aromatic nitrogens is 3. The highest BCUT2D eigenvalue weighted by Crippen LogP contribution is 2.37. The van der Waals surface area contributed by atoms with Crippen LogP contribution in [0.2, 0.25) is 5.02 Å². The van der Waals surface area contributed by atoms with E-state index >= 15 is 0 Å². The predicted molar refractivity (Wildman–Crippen MR) is 94.9 cm³/mol. The van der Waals surface area contributed by atoms with Crippen LogP contribution in [-0.4, -0.2) is 34.0 Å². The number of fused-ring (bicyclic) bond motifs is 1. The summed E-state index contributed by atoms with van der Waals surface area (Å²) < 4.78 is 43.2. The van der Waals surface area contributed by atoms with Gasteiger partial charge in [0.1, 0.15) is 11.6 Å². The topological polar surface area (TPSA) is 68.1 Å². The zero-order valence-corrected chi connectivity index (χ0v) is 15.8. The average molecular weight is 399 g/mol. The molecule has 140 valence electrons. The minimum absolute atomic E-state index is 0.00593. The normalized spacial score (nSPS) is 21.5. The van der Waals surface area contributed by atoms with Crippen molar-refractivity contribution in [3.05, 3.63) is 40.7 Å². The van der Waals surface area contributed by atoms with Gasteiger partial charge < -0.3 is 4.57 Å². The monoisotopic (exact) mass is 398 g/mol. The van der Waals surface area contributed by atoms with E-state index < -0.39 is 15.8 Å². The molecule has 0 N–H and O–H groups in total.